The van der Waals surface area contributed by atoms with Gasteiger partial charge in [0.2, 0.25) is 5.91 Å². The van der Waals surface area contributed by atoms with E-state index in [9.17, 15) is 4.79 Å². The van der Waals surface area contributed by atoms with Gasteiger partial charge in [0.1, 0.15) is 0 Å². The summed E-state index contributed by atoms with van der Waals surface area (Å²) >= 11 is 0. The zero-order chi connectivity index (χ0) is 13.4. The molecule has 0 aliphatic carbocycles. The first kappa shape index (κ1) is 13.7. The van der Waals surface area contributed by atoms with E-state index in [1.54, 1.807) is 6.92 Å². The van der Waals surface area contributed by atoms with Crippen LogP contribution in [0.2, 0.25) is 0 Å². The summed E-state index contributed by atoms with van der Waals surface area (Å²) in [6, 6.07) is 0.0462. The molecule has 1 rings (SSSR count). The van der Waals surface area contributed by atoms with Crippen LogP contribution in [0.3, 0.4) is 0 Å². The Labute approximate surface area is 102 Å². The second-order valence-electron chi connectivity index (χ2n) is 5.08. The second kappa shape index (κ2) is 4.49. The predicted molar refractivity (Wildman–Crippen MR) is 67.6 cm³/mol. The zero-order valence-electron chi connectivity index (χ0n) is 11.2. The van der Waals surface area contributed by atoms with Crippen LogP contribution in [0, 0.1) is 20.8 Å². The molecular formula is C12H22N4O. The average molecular weight is 238 g/mol. The van der Waals surface area contributed by atoms with Crippen LogP contribution in [0.1, 0.15) is 43.3 Å². The number of rotatable bonds is 4. The lowest BCUT2D eigenvalue weighted by Gasteiger charge is -2.25. The summed E-state index contributed by atoms with van der Waals surface area (Å²) in [5.74, 6) is -0.484. The average Bonchev–Trinajstić information content (AvgIpc) is 2.45. The third-order valence-corrected chi connectivity index (χ3v) is 3.39. The van der Waals surface area contributed by atoms with E-state index >= 15 is 0 Å². The van der Waals surface area contributed by atoms with Gasteiger partial charge in [-0.15, -0.1) is 0 Å². The Morgan fingerprint density at radius 3 is 2.35 bits per heavy atom. The minimum Gasteiger partial charge on any atom is -0.368 e. The van der Waals surface area contributed by atoms with Gasteiger partial charge in [0.05, 0.1) is 17.3 Å². The van der Waals surface area contributed by atoms with Crippen LogP contribution < -0.4 is 11.5 Å². The summed E-state index contributed by atoms with van der Waals surface area (Å²) < 4.78 is 1.92. The maximum Gasteiger partial charge on any atom is 0.237 e. The van der Waals surface area contributed by atoms with Crippen molar-refractivity contribution in [2.75, 3.05) is 0 Å². The molecule has 0 radical (unpaired) electrons. The van der Waals surface area contributed by atoms with Gasteiger partial charge in [0, 0.05) is 5.69 Å². The molecule has 0 saturated carbocycles. The third-order valence-electron chi connectivity index (χ3n) is 3.39. The van der Waals surface area contributed by atoms with Gasteiger partial charge in [-0.05, 0) is 46.6 Å². The largest absolute Gasteiger partial charge is 0.368 e. The van der Waals surface area contributed by atoms with Crippen molar-refractivity contribution >= 4 is 5.91 Å². The Kier molecular flexibility index (Phi) is 3.62. The molecule has 0 aliphatic heterocycles. The lowest BCUT2D eigenvalue weighted by atomic mass is 9.94. The monoisotopic (exact) mass is 238 g/mol. The van der Waals surface area contributed by atoms with Crippen LogP contribution in [-0.2, 0) is 4.79 Å². The Bertz CT molecular complexity index is 434. The van der Waals surface area contributed by atoms with Gasteiger partial charge in [-0.2, -0.15) is 5.10 Å². The number of aromatic nitrogens is 2. The van der Waals surface area contributed by atoms with Crippen LogP contribution >= 0.6 is 0 Å². The van der Waals surface area contributed by atoms with Crippen molar-refractivity contribution < 1.29 is 4.79 Å². The number of carbonyl (C=O) groups excluding carboxylic acids is 1. The number of primary amides is 1. The lowest BCUT2D eigenvalue weighted by molar-refractivity contribution is -0.123. The third kappa shape index (κ3) is 2.66. The molecule has 96 valence electrons. The fourth-order valence-corrected chi connectivity index (χ4v) is 1.98. The maximum absolute atomic E-state index is 11.2. The van der Waals surface area contributed by atoms with Crippen LogP contribution in [-0.4, -0.2) is 21.2 Å². The number of hydrogen-bond acceptors (Lipinski definition) is 3. The first-order chi connectivity index (χ1) is 7.66. The van der Waals surface area contributed by atoms with E-state index in [1.807, 2.05) is 32.4 Å². The molecule has 0 aliphatic rings. The molecule has 1 amide bonds. The van der Waals surface area contributed by atoms with Crippen LogP contribution in [0.4, 0.5) is 0 Å². The van der Waals surface area contributed by atoms with Crippen molar-refractivity contribution in [2.45, 2.75) is 52.6 Å². The fraction of sp³-hybridized carbons (Fsp3) is 0.667. The molecule has 0 spiro atoms. The number of amides is 1. The molecule has 5 nitrogen and oxygen atoms in total. The van der Waals surface area contributed by atoms with Crippen LogP contribution in [0.5, 0.6) is 0 Å². The fourth-order valence-electron chi connectivity index (χ4n) is 1.98. The van der Waals surface area contributed by atoms with Crippen molar-refractivity contribution in [3.63, 3.8) is 0 Å². The number of hydrogen-bond donors (Lipinski definition) is 2. The summed E-state index contributed by atoms with van der Waals surface area (Å²) in [6.45, 7) is 9.68. The molecule has 0 fully saturated rings. The highest BCUT2D eigenvalue weighted by molar-refractivity contribution is 5.83. The first-order valence-corrected chi connectivity index (χ1v) is 5.78. The van der Waals surface area contributed by atoms with Gasteiger partial charge < -0.3 is 11.5 Å². The molecule has 17 heavy (non-hydrogen) atoms. The number of aryl methyl sites for hydroxylation is 1. The van der Waals surface area contributed by atoms with E-state index in [2.05, 4.69) is 5.10 Å². The smallest absolute Gasteiger partial charge is 0.237 e. The standard InChI is InChI=1S/C12H22N4O/c1-7(6-12(5,14)11(13)17)16-10(4)8(2)9(3)15-16/h7H,6,14H2,1-5H3,(H2,13,17). The summed E-state index contributed by atoms with van der Waals surface area (Å²) in [4.78, 5) is 11.2. The molecular weight excluding hydrogens is 216 g/mol. The van der Waals surface area contributed by atoms with Gasteiger partial charge in [-0.3, -0.25) is 9.48 Å². The predicted octanol–water partition coefficient (Wildman–Crippen LogP) is 0.962. The van der Waals surface area contributed by atoms with E-state index < -0.39 is 11.4 Å². The van der Waals surface area contributed by atoms with Crippen LogP contribution in [0.15, 0.2) is 0 Å². The molecule has 1 aromatic heterocycles. The van der Waals surface area contributed by atoms with Gasteiger partial charge >= 0.3 is 0 Å². The second-order valence-corrected chi connectivity index (χ2v) is 5.08. The van der Waals surface area contributed by atoms with Crippen molar-refractivity contribution in [3.8, 4) is 0 Å². The highest BCUT2D eigenvalue weighted by Crippen LogP contribution is 2.22. The molecule has 0 bridgehead atoms. The normalized spacial score (nSPS) is 16.6. The Morgan fingerprint density at radius 1 is 1.47 bits per heavy atom. The lowest BCUT2D eigenvalue weighted by Crippen LogP contribution is -2.50. The summed E-state index contributed by atoms with van der Waals surface area (Å²) in [5.41, 5.74) is 13.4. The molecule has 2 unspecified atom stereocenters. The van der Waals surface area contributed by atoms with E-state index in [0.717, 1.165) is 11.4 Å². The Balaban J connectivity index is 2.94. The molecule has 2 atom stereocenters. The van der Waals surface area contributed by atoms with Gasteiger partial charge in [0.15, 0.2) is 0 Å². The van der Waals surface area contributed by atoms with Crippen molar-refractivity contribution in [3.05, 3.63) is 17.0 Å². The number of carbonyl (C=O) groups is 1. The van der Waals surface area contributed by atoms with Gasteiger partial charge in [0.25, 0.3) is 0 Å². The summed E-state index contributed by atoms with van der Waals surface area (Å²) in [5, 5.41) is 4.46. The molecule has 1 aromatic rings. The molecule has 5 heteroatoms. The summed E-state index contributed by atoms with van der Waals surface area (Å²) in [6.07, 6.45) is 0.476. The van der Waals surface area contributed by atoms with Crippen molar-refractivity contribution in [1.29, 1.82) is 0 Å². The quantitative estimate of drug-likeness (QED) is 0.819. The van der Waals surface area contributed by atoms with E-state index in [-0.39, 0.29) is 6.04 Å². The van der Waals surface area contributed by atoms with Crippen molar-refractivity contribution in [2.24, 2.45) is 11.5 Å². The number of nitrogens with two attached hydrogens (primary N) is 2. The Hall–Kier alpha value is -1.36. The van der Waals surface area contributed by atoms with Crippen LogP contribution in [0.25, 0.3) is 0 Å². The van der Waals surface area contributed by atoms with E-state index in [4.69, 9.17) is 11.5 Å². The highest BCUT2D eigenvalue weighted by Gasteiger charge is 2.29. The highest BCUT2D eigenvalue weighted by atomic mass is 16.1. The SMILES string of the molecule is Cc1nn(C(C)CC(C)(N)C(N)=O)c(C)c1C. The minimum absolute atomic E-state index is 0.0462. The Morgan fingerprint density at radius 2 is 2.00 bits per heavy atom. The molecule has 0 saturated heterocycles. The number of nitrogens with zero attached hydrogens (tertiary/aromatic N) is 2. The van der Waals surface area contributed by atoms with Crippen molar-refractivity contribution in [1.82, 2.24) is 9.78 Å². The first-order valence-electron chi connectivity index (χ1n) is 5.78. The summed E-state index contributed by atoms with van der Waals surface area (Å²) in [7, 11) is 0. The topological polar surface area (TPSA) is 86.9 Å². The van der Waals surface area contributed by atoms with E-state index in [1.165, 1.54) is 5.56 Å². The van der Waals surface area contributed by atoms with Gasteiger partial charge in [-0.1, -0.05) is 0 Å². The minimum atomic E-state index is -1.00. The zero-order valence-corrected chi connectivity index (χ0v) is 11.2. The van der Waals surface area contributed by atoms with E-state index in [0.29, 0.717) is 6.42 Å². The molecule has 1 heterocycles. The van der Waals surface area contributed by atoms with Gasteiger partial charge in [-0.25, -0.2) is 0 Å². The molecule has 4 N–H and O–H groups in total. The molecule has 0 aromatic carbocycles. The maximum atomic E-state index is 11.2.